The molecule has 3 heteroatoms. The minimum Gasteiger partial charge on any atom is -0.341 e. The van der Waals surface area contributed by atoms with Crippen molar-refractivity contribution in [1.82, 2.24) is 9.97 Å². The topological polar surface area (TPSA) is 28.7 Å². The number of aromatic nitrogens is 2. The normalized spacial score (nSPS) is 11.1. The Hall–Kier alpha value is -1.02. The third-order valence-electron chi connectivity index (χ3n) is 2.58. The van der Waals surface area contributed by atoms with Crippen molar-refractivity contribution in [3.63, 3.8) is 0 Å². The molecule has 0 fully saturated rings. The largest absolute Gasteiger partial charge is 0.341 e. The third-order valence-corrected chi connectivity index (χ3v) is 2.83. The van der Waals surface area contributed by atoms with Crippen molar-refractivity contribution in [3.05, 3.63) is 29.1 Å². The van der Waals surface area contributed by atoms with Gasteiger partial charge in [-0.25, -0.2) is 4.98 Å². The minimum atomic E-state index is 0.440. The Morgan fingerprint density at radius 2 is 2.21 bits per heavy atom. The number of rotatable bonds is 2. The number of nitrogens with one attached hydrogen (secondary N) is 1. The van der Waals surface area contributed by atoms with Crippen LogP contribution in [0.1, 0.15) is 23.9 Å². The van der Waals surface area contributed by atoms with Gasteiger partial charge in [-0.15, -0.1) is 11.6 Å². The van der Waals surface area contributed by atoms with Gasteiger partial charge in [0.25, 0.3) is 0 Å². The number of hydrogen-bond acceptors (Lipinski definition) is 1. The predicted molar refractivity (Wildman–Crippen MR) is 59.8 cm³/mol. The molecule has 1 heterocycles. The molecule has 0 aliphatic carbocycles. The van der Waals surface area contributed by atoms with Crippen molar-refractivity contribution in [2.24, 2.45) is 0 Å². The van der Waals surface area contributed by atoms with Crippen molar-refractivity contribution >= 4 is 22.6 Å². The minimum absolute atomic E-state index is 0.440. The van der Waals surface area contributed by atoms with Gasteiger partial charge in [0.2, 0.25) is 0 Å². The maximum absolute atomic E-state index is 5.73. The second-order valence-electron chi connectivity index (χ2n) is 3.42. The van der Waals surface area contributed by atoms with E-state index >= 15 is 0 Å². The molecule has 14 heavy (non-hydrogen) atoms. The maximum Gasteiger partial charge on any atom is 0.122 e. The third kappa shape index (κ3) is 1.40. The van der Waals surface area contributed by atoms with E-state index in [-0.39, 0.29) is 0 Å². The molecule has 1 N–H and O–H groups in total. The zero-order valence-electron chi connectivity index (χ0n) is 8.39. The molecule has 74 valence electrons. The fraction of sp³-hybridized carbons (Fsp3) is 0.364. The van der Waals surface area contributed by atoms with E-state index in [1.54, 1.807) is 0 Å². The summed E-state index contributed by atoms with van der Waals surface area (Å²) < 4.78 is 0. The van der Waals surface area contributed by atoms with Gasteiger partial charge in [0.05, 0.1) is 16.9 Å². The summed E-state index contributed by atoms with van der Waals surface area (Å²) in [4.78, 5) is 7.65. The molecule has 2 rings (SSSR count). The number of imidazole rings is 1. The number of fused-ring (bicyclic) bond motifs is 1. The van der Waals surface area contributed by atoms with Crippen molar-refractivity contribution in [1.29, 1.82) is 0 Å². The molecular formula is C11H13ClN2. The van der Waals surface area contributed by atoms with Gasteiger partial charge in [-0.1, -0.05) is 13.0 Å². The van der Waals surface area contributed by atoms with Crippen LogP contribution in [0.3, 0.4) is 0 Å². The smallest absolute Gasteiger partial charge is 0.122 e. The van der Waals surface area contributed by atoms with Crippen LogP contribution in [0.15, 0.2) is 12.1 Å². The Morgan fingerprint density at radius 3 is 2.86 bits per heavy atom. The molecule has 2 aromatic rings. The highest BCUT2D eigenvalue weighted by Gasteiger charge is 2.06. The molecule has 0 bridgehead atoms. The Labute approximate surface area is 88.3 Å². The van der Waals surface area contributed by atoms with Gasteiger partial charge < -0.3 is 4.98 Å². The lowest BCUT2D eigenvalue weighted by molar-refractivity contribution is 1.11. The van der Waals surface area contributed by atoms with Crippen molar-refractivity contribution in [3.8, 4) is 0 Å². The zero-order chi connectivity index (χ0) is 10.1. The van der Waals surface area contributed by atoms with Crippen LogP contribution >= 0.6 is 11.6 Å². The number of H-pyrrole nitrogens is 1. The number of hydrogen-bond donors (Lipinski definition) is 1. The first-order valence-electron chi connectivity index (χ1n) is 4.79. The zero-order valence-corrected chi connectivity index (χ0v) is 9.15. The van der Waals surface area contributed by atoms with E-state index in [2.05, 4.69) is 35.9 Å². The van der Waals surface area contributed by atoms with Crippen LogP contribution in [0.2, 0.25) is 0 Å². The monoisotopic (exact) mass is 208 g/mol. The first-order chi connectivity index (χ1) is 6.76. The van der Waals surface area contributed by atoms with Crippen LogP contribution in [-0.4, -0.2) is 9.97 Å². The van der Waals surface area contributed by atoms with E-state index in [9.17, 15) is 0 Å². The molecule has 2 nitrogen and oxygen atoms in total. The first kappa shape index (κ1) is 9.53. The van der Waals surface area contributed by atoms with Crippen LogP contribution < -0.4 is 0 Å². The molecule has 0 spiro atoms. The predicted octanol–water partition coefficient (Wildman–Crippen LogP) is 3.17. The molecule has 0 radical (unpaired) electrons. The first-order valence-corrected chi connectivity index (χ1v) is 5.32. The van der Waals surface area contributed by atoms with Crippen molar-refractivity contribution in [2.75, 3.05) is 0 Å². The standard InChI is InChI=1S/C11H13ClN2/c1-3-8-4-5-9-11(7(8)2)14-10(6-12)13-9/h4-5H,3,6H2,1-2H3,(H,13,14). The van der Waals surface area contributed by atoms with Crippen LogP contribution in [0, 0.1) is 6.92 Å². The lowest BCUT2D eigenvalue weighted by Gasteiger charge is -2.01. The lowest BCUT2D eigenvalue weighted by Crippen LogP contribution is -1.87. The van der Waals surface area contributed by atoms with Gasteiger partial charge in [0.15, 0.2) is 0 Å². The number of aromatic amines is 1. The summed E-state index contributed by atoms with van der Waals surface area (Å²) in [6.45, 7) is 4.27. The average molecular weight is 209 g/mol. The molecular weight excluding hydrogens is 196 g/mol. The number of alkyl halides is 1. The highest BCUT2D eigenvalue weighted by atomic mass is 35.5. The van der Waals surface area contributed by atoms with Gasteiger partial charge in [0, 0.05) is 0 Å². The SMILES string of the molecule is CCc1ccc2[nH]c(CCl)nc2c1C. The molecule has 0 amide bonds. The molecule has 1 aromatic heterocycles. The summed E-state index contributed by atoms with van der Waals surface area (Å²) >= 11 is 5.73. The number of halogens is 1. The van der Waals surface area contributed by atoms with E-state index in [1.807, 2.05) is 0 Å². The van der Waals surface area contributed by atoms with Crippen LogP contribution in [0.5, 0.6) is 0 Å². The number of benzene rings is 1. The summed E-state index contributed by atoms with van der Waals surface area (Å²) in [5.41, 5.74) is 4.75. The average Bonchev–Trinajstić information content (AvgIpc) is 2.62. The van der Waals surface area contributed by atoms with Gasteiger partial charge in [-0.2, -0.15) is 0 Å². The highest BCUT2D eigenvalue weighted by Crippen LogP contribution is 2.20. The fourth-order valence-corrected chi connectivity index (χ4v) is 1.88. The lowest BCUT2D eigenvalue weighted by atomic mass is 10.1. The van der Waals surface area contributed by atoms with E-state index in [0.29, 0.717) is 5.88 Å². The summed E-state index contributed by atoms with van der Waals surface area (Å²) in [6, 6.07) is 4.22. The number of aryl methyl sites for hydroxylation is 2. The van der Waals surface area contributed by atoms with E-state index in [1.165, 1.54) is 11.1 Å². The van der Waals surface area contributed by atoms with Crippen LogP contribution in [0.4, 0.5) is 0 Å². The van der Waals surface area contributed by atoms with E-state index < -0.39 is 0 Å². The van der Waals surface area contributed by atoms with Gasteiger partial charge in [-0.3, -0.25) is 0 Å². The molecule has 1 aromatic carbocycles. The van der Waals surface area contributed by atoms with Crippen LogP contribution in [-0.2, 0) is 12.3 Å². The Morgan fingerprint density at radius 1 is 1.43 bits per heavy atom. The molecule has 0 aliphatic rings. The summed E-state index contributed by atoms with van der Waals surface area (Å²) in [6.07, 6.45) is 1.05. The summed E-state index contributed by atoms with van der Waals surface area (Å²) in [5.74, 6) is 1.29. The fourth-order valence-electron chi connectivity index (χ4n) is 1.75. The summed E-state index contributed by atoms with van der Waals surface area (Å²) in [7, 11) is 0. The van der Waals surface area contributed by atoms with Gasteiger partial charge in [0.1, 0.15) is 5.82 Å². The van der Waals surface area contributed by atoms with E-state index in [4.69, 9.17) is 11.6 Å². The van der Waals surface area contributed by atoms with Crippen molar-refractivity contribution < 1.29 is 0 Å². The molecule has 0 atom stereocenters. The number of nitrogens with zero attached hydrogens (tertiary/aromatic N) is 1. The van der Waals surface area contributed by atoms with Gasteiger partial charge >= 0.3 is 0 Å². The Balaban J connectivity index is 2.68. The van der Waals surface area contributed by atoms with Gasteiger partial charge in [-0.05, 0) is 30.5 Å². The second-order valence-corrected chi connectivity index (χ2v) is 3.68. The quantitative estimate of drug-likeness (QED) is 0.755. The highest BCUT2D eigenvalue weighted by molar-refractivity contribution is 6.16. The molecule has 0 aliphatic heterocycles. The van der Waals surface area contributed by atoms with E-state index in [0.717, 1.165) is 23.3 Å². The van der Waals surface area contributed by atoms with Crippen molar-refractivity contribution in [2.45, 2.75) is 26.1 Å². The Bertz CT molecular complexity index is 460. The second kappa shape index (κ2) is 3.62. The molecule has 0 saturated heterocycles. The Kier molecular flexibility index (Phi) is 2.46. The molecule has 0 saturated carbocycles. The summed E-state index contributed by atoms with van der Waals surface area (Å²) in [5, 5.41) is 0. The molecule has 0 unspecified atom stereocenters. The maximum atomic E-state index is 5.73. The van der Waals surface area contributed by atoms with Crippen LogP contribution in [0.25, 0.3) is 11.0 Å².